The molecule has 0 aliphatic heterocycles. The van der Waals surface area contributed by atoms with Crippen molar-refractivity contribution in [3.05, 3.63) is 29.8 Å². The second kappa shape index (κ2) is 11.0. The summed E-state index contributed by atoms with van der Waals surface area (Å²) in [5, 5.41) is 0. The maximum atomic E-state index is 12.1. The maximum absolute atomic E-state index is 12.1. The topological polar surface area (TPSA) is 44.8 Å². The molecule has 0 unspecified atom stereocenters. The summed E-state index contributed by atoms with van der Waals surface area (Å²) in [6.45, 7) is 9.71. The van der Waals surface area contributed by atoms with E-state index in [0.717, 1.165) is 37.0 Å². The summed E-state index contributed by atoms with van der Waals surface area (Å²) < 4.78 is 17.3. The Hall–Kier alpha value is -1.97. The third-order valence-corrected chi connectivity index (χ3v) is 4.36. The minimum absolute atomic E-state index is 0.0765. The first-order valence-corrected chi connectivity index (χ1v) is 10.2. The Kier molecular flexibility index (Phi) is 8.70. The number of rotatable bonds is 9. The van der Waals surface area contributed by atoms with Gasteiger partial charge in [0.25, 0.3) is 0 Å². The van der Waals surface area contributed by atoms with E-state index in [0.29, 0.717) is 30.8 Å². The second-order valence-corrected chi connectivity index (χ2v) is 8.15. The predicted molar refractivity (Wildman–Crippen MR) is 109 cm³/mol. The fourth-order valence-corrected chi connectivity index (χ4v) is 2.92. The fraction of sp³-hybridized carbons (Fsp3) is 0.609. The summed E-state index contributed by atoms with van der Waals surface area (Å²) in [7, 11) is 0. The minimum Gasteiger partial charge on any atom is -0.489 e. The predicted octanol–water partition coefficient (Wildman–Crippen LogP) is 5.65. The van der Waals surface area contributed by atoms with E-state index in [9.17, 15) is 4.79 Å². The molecule has 1 aliphatic rings. The number of benzene rings is 1. The maximum Gasteiger partial charge on any atom is 0.331 e. The highest BCUT2D eigenvalue weighted by Crippen LogP contribution is 2.30. The van der Waals surface area contributed by atoms with E-state index in [1.54, 1.807) is 6.08 Å². The first-order chi connectivity index (χ1) is 12.9. The van der Waals surface area contributed by atoms with Gasteiger partial charge in [-0.25, -0.2) is 4.79 Å². The molecule has 0 heterocycles. The molecule has 1 aliphatic carbocycles. The number of hydrogen-bond acceptors (Lipinski definition) is 4. The molecule has 1 aromatic rings. The zero-order valence-electron chi connectivity index (χ0n) is 17.2. The lowest BCUT2D eigenvalue weighted by atomic mass is 9.98. The van der Waals surface area contributed by atoms with Gasteiger partial charge in [-0.15, -0.1) is 0 Å². The molecule has 4 nitrogen and oxygen atoms in total. The molecule has 2 rings (SSSR count). The number of carbonyl (C=O) groups excluding carboxylic acids is 1. The minimum atomic E-state index is -0.272. The van der Waals surface area contributed by atoms with Gasteiger partial charge in [0, 0.05) is 6.08 Å². The Morgan fingerprint density at radius 3 is 2.26 bits per heavy atom. The van der Waals surface area contributed by atoms with Crippen molar-refractivity contribution in [2.45, 2.75) is 65.9 Å². The quantitative estimate of drug-likeness (QED) is 0.414. The van der Waals surface area contributed by atoms with Gasteiger partial charge >= 0.3 is 5.97 Å². The summed E-state index contributed by atoms with van der Waals surface area (Å²) in [6, 6.07) is 5.76. The zero-order chi connectivity index (χ0) is 19.6. The molecule has 0 N–H and O–H groups in total. The van der Waals surface area contributed by atoms with Gasteiger partial charge in [-0.05, 0) is 61.3 Å². The molecule has 0 bridgehead atoms. The van der Waals surface area contributed by atoms with Gasteiger partial charge in [-0.2, -0.15) is 0 Å². The molecule has 150 valence electrons. The summed E-state index contributed by atoms with van der Waals surface area (Å²) in [5.74, 6) is 2.05. The van der Waals surface area contributed by atoms with Gasteiger partial charge in [0.15, 0.2) is 11.5 Å². The monoisotopic (exact) mass is 374 g/mol. The first kappa shape index (κ1) is 21.3. The Morgan fingerprint density at radius 2 is 1.63 bits per heavy atom. The summed E-state index contributed by atoms with van der Waals surface area (Å²) in [4.78, 5) is 12.1. The third-order valence-electron chi connectivity index (χ3n) is 4.36. The molecule has 27 heavy (non-hydrogen) atoms. The molecular weight excluding hydrogens is 340 g/mol. The SMILES string of the molecule is CC(C)COc1ccc(/C=C/C(=O)OC2CCCCC2)cc1OCC(C)C. The second-order valence-electron chi connectivity index (χ2n) is 8.15. The number of hydrogen-bond donors (Lipinski definition) is 0. The van der Waals surface area contributed by atoms with Crippen LogP contribution in [0.2, 0.25) is 0 Å². The largest absolute Gasteiger partial charge is 0.489 e. The molecule has 0 saturated heterocycles. The normalized spacial score (nSPS) is 15.5. The van der Waals surface area contributed by atoms with Crippen LogP contribution in [0.4, 0.5) is 0 Å². The third kappa shape index (κ3) is 8.06. The van der Waals surface area contributed by atoms with Crippen LogP contribution < -0.4 is 9.47 Å². The molecule has 0 radical (unpaired) electrons. The van der Waals surface area contributed by atoms with Gasteiger partial charge in [-0.3, -0.25) is 0 Å². The van der Waals surface area contributed by atoms with Crippen LogP contribution in [0.15, 0.2) is 24.3 Å². The van der Waals surface area contributed by atoms with Crippen LogP contribution in [0, 0.1) is 11.8 Å². The highest BCUT2D eigenvalue weighted by Gasteiger charge is 2.16. The molecule has 0 atom stereocenters. The van der Waals surface area contributed by atoms with Crippen molar-refractivity contribution < 1.29 is 19.0 Å². The average molecular weight is 375 g/mol. The molecule has 4 heteroatoms. The summed E-state index contributed by atoms with van der Waals surface area (Å²) in [6.07, 6.45) is 8.86. The summed E-state index contributed by atoms with van der Waals surface area (Å²) in [5.41, 5.74) is 0.895. The van der Waals surface area contributed by atoms with Gasteiger partial charge < -0.3 is 14.2 Å². The highest BCUT2D eigenvalue weighted by atomic mass is 16.5. The molecule has 1 fully saturated rings. The van der Waals surface area contributed by atoms with E-state index in [-0.39, 0.29) is 12.1 Å². The van der Waals surface area contributed by atoms with Gasteiger partial charge in [0.05, 0.1) is 13.2 Å². The Labute approximate surface area is 163 Å². The Balaban J connectivity index is 2.01. The van der Waals surface area contributed by atoms with E-state index < -0.39 is 0 Å². The summed E-state index contributed by atoms with van der Waals surface area (Å²) >= 11 is 0. The lowest BCUT2D eigenvalue weighted by Gasteiger charge is -2.20. The number of carbonyl (C=O) groups is 1. The number of ether oxygens (including phenoxy) is 3. The van der Waals surface area contributed by atoms with E-state index in [4.69, 9.17) is 14.2 Å². The smallest absolute Gasteiger partial charge is 0.331 e. The van der Waals surface area contributed by atoms with Crippen molar-refractivity contribution in [1.82, 2.24) is 0 Å². The standard InChI is InChI=1S/C23H34O4/c1-17(2)15-25-21-12-10-19(14-22(21)26-16-18(3)4)11-13-23(24)27-20-8-6-5-7-9-20/h10-14,17-18,20H,5-9,15-16H2,1-4H3/b13-11+. The van der Waals surface area contributed by atoms with Crippen molar-refractivity contribution in [2.24, 2.45) is 11.8 Å². The van der Waals surface area contributed by atoms with Crippen molar-refractivity contribution in [1.29, 1.82) is 0 Å². The van der Waals surface area contributed by atoms with Crippen LogP contribution in [0.1, 0.15) is 65.4 Å². The zero-order valence-corrected chi connectivity index (χ0v) is 17.2. The van der Waals surface area contributed by atoms with Crippen LogP contribution in [0.3, 0.4) is 0 Å². The highest BCUT2D eigenvalue weighted by molar-refractivity contribution is 5.87. The van der Waals surface area contributed by atoms with E-state index in [2.05, 4.69) is 27.7 Å². The van der Waals surface area contributed by atoms with Crippen LogP contribution in [0.25, 0.3) is 6.08 Å². The van der Waals surface area contributed by atoms with E-state index >= 15 is 0 Å². The van der Waals surface area contributed by atoms with Gasteiger partial charge in [-0.1, -0.05) is 40.2 Å². The van der Waals surface area contributed by atoms with Crippen LogP contribution in [-0.2, 0) is 9.53 Å². The molecule has 0 amide bonds. The van der Waals surface area contributed by atoms with E-state index in [1.807, 2.05) is 18.2 Å². The lowest BCUT2D eigenvalue weighted by molar-refractivity contribution is -0.144. The van der Waals surface area contributed by atoms with E-state index in [1.165, 1.54) is 12.5 Å². The van der Waals surface area contributed by atoms with Crippen LogP contribution >= 0.6 is 0 Å². The molecule has 1 saturated carbocycles. The van der Waals surface area contributed by atoms with Crippen molar-refractivity contribution in [3.8, 4) is 11.5 Å². The van der Waals surface area contributed by atoms with Crippen LogP contribution in [0.5, 0.6) is 11.5 Å². The fourth-order valence-electron chi connectivity index (χ4n) is 2.92. The Morgan fingerprint density at radius 1 is 1.00 bits per heavy atom. The van der Waals surface area contributed by atoms with Crippen molar-refractivity contribution >= 4 is 12.0 Å². The molecule has 1 aromatic carbocycles. The van der Waals surface area contributed by atoms with Crippen molar-refractivity contribution in [3.63, 3.8) is 0 Å². The number of esters is 1. The van der Waals surface area contributed by atoms with Crippen LogP contribution in [-0.4, -0.2) is 25.3 Å². The molecule has 0 spiro atoms. The van der Waals surface area contributed by atoms with Gasteiger partial charge in [0.1, 0.15) is 6.10 Å². The molecule has 0 aromatic heterocycles. The molecular formula is C23H34O4. The average Bonchev–Trinajstić information content (AvgIpc) is 2.64. The van der Waals surface area contributed by atoms with Gasteiger partial charge in [0.2, 0.25) is 0 Å². The Bertz CT molecular complexity index is 613. The lowest BCUT2D eigenvalue weighted by Crippen LogP contribution is -2.19. The first-order valence-electron chi connectivity index (χ1n) is 10.2. The van der Waals surface area contributed by atoms with Crippen molar-refractivity contribution in [2.75, 3.05) is 13.2 Å².